The quantitative estimate of drug-likeness (QED) is 0.449. The van der Waals surface area contributed by atoms with Gasteiger partial charge in [-0.3, -0.25) is 4.79 Å². The van der Waals surface area contributed by atoms with Gasteiger partial charge in [0.25, 0.3) is 0 Å². The van der Waals surface area contributed by atoms with Gasteiger partial charge >= 0.3 is 12.0 Å². The number of hydrogen-bond acceptors (Lipinski definition) is 4. The summed E-state index contributed by atoms with van der Waals surface area (Å²) in [6, 6.07) is -0.122. The maximum Gasteiger partial charge on any atom is 0.315 e. The van der Waals surface area contributed by atoms with Crippen LogP contribution in [0.15, 0.2) is 0 Å². The number of carbonyl (C=O) groups is 2. The molecule has 0 bridgehead atoms. The number of urea groups is 1. The molecule has 1 unspecified atom stereocenters. The summed E-state index contributed by atoms with van der Waals surface area (Å²) in [5.74, 6) is -0.149. The van der Waals surface area contributed by atoms with Crippen LogP contribution in [-0.2, 0) is 14.3 Å². The van der Waals surface area contributed by atoms with Crippen LogP contribution in [0.2, 0.25) is 0 Å². The highest BCUT2D eigenvalue weighted by Gasteiger charge is 2.09. The van der Waals surface area contributed by atoms with Gasteiger partial charge in [0.1, 0.15) is 0 Å². The molecule has 0 aliphatic heterocycles. The average Bonchev–Trinajstić information content (AvgIpc) is 2.42. The van der Waals surface area contributed by atoms with E-state index < -0.39 is 0 Å². The summed E-state index contributed by atoms with van der Waals surface area (Å²) in [5.41, 5.74) is 0. The molecule has 0 radical (unpaired) electrons. The molecule has 118 valence electrons. The third kappa shape index (κ3) is 10.6. The maximum absolute atomic E-state index is 11.6. The predicted octanol–water partition coefficient (Wildman–Crippen LogP) is 1.83. The summed E-state index contributed by atoms with van der Waals surface area (Å²) in [6.45, 7) is 5.36. The van der Waals surface area contributed by atoms with Crippen molar-refractivity contribution in [2.75, 3.05) is 26.9 Å². The molecule has 0 aromatic rings. The van der Waals surface area contributed by atoms with Crippen LogP contribution in [0.5, 0.6) is 0 Å². The lowest BCUT2D eigenvalue weighted by atomic mass is 10.2. The summed E-state index contributed by atoms with van der Waals surface area (Å²) in [6.07, 6.45) is 3.83. The maximum atomic E-state index is 11.6. The fourth-order valence-electron chi connectivity index (χ4n) is 1.71. The molecule has 0 rings (SSSR count). The Labute approximate surface area is 121 Å². The van der Waals surface area contributed by atoms with Gasteiger partial charge in [0.05, 0.1) is 19.3 Å². The van der Waals surface area contributed by atoms with Gasteiger partial charge in [-0.05, 0) is 26.2 Å². The lowest BCUT2D eigenvalue weighted by Crippen LogP contribution is -2.44. The molecule has 6 heteroatoms. The van der Waals surface area contributed by atoms with Crippen LogP contribution in [0.1, 0.15) is 46.0 Å². The van der Waals surface area contributed by atoms with Gasteiger partial charge in [-0.2, -0.15) is 0 Å². The minimum atomic E-state index is -0.167. The molecule has 0 aromatic carbocycles. The molecule has 0 aliphatic carbocycles. The van der Waals surface area contributed by atoms with Crippen LogP contribution < -0.4 is 10.6 Å². The van der Waals surface area contributed by atoms with E-state index in [1.54, 1.807) is 14.0 Å². The van der Waals surface area contributed by atoms with Gasteiger partial charge in [0.2, 0.25) is 0 Å². The Morgan fingerprint density at radius 1 is 1.15 bits per heavy atom. The number of ether oxygens (including phenoxy) is 2. The number of carbonyl (C=O) groups excluding carboxylic acids is 2. The molecule has 0 saturated carbocycles. The van der Waals surface area contributed by atoms with E-state index in [-0.39, 0.29) is 18.0 Å². The lowest BCUT2D eigenvalue weighted by Gasteiger charge is -2.16. The minimum Gasteiger partial charge on any atom is -0.466 e. The first-order valence-electron chi connectivity index (χ1n) is 7.32. The highest BCUT2D eigenvalue weighted by atomic mass is 16.5. The van der Waals surface area contributed by atoms with Crippen molar-refractivity contribution >= 4 is 12.0 Å². The molecule has 20 heavy (non-hydrogen) atoms. The standard InChI is InChI=1S/C14H28N2O4/c1-4-12(11-19-3)16-14(18)15-10-8-6-7-9-13(17)20-5-2/h12H,4-11H2,1-3H3,(H2,15,16,18). The summed E-state index contributed by atoms with van der Waals surface area (Å²) >= 11 is 0. The zero-order valence-corrected chi connectivity index (χ0v) is 12.9. The van der Waals surface area contributed by atoms with Crippen molar-refractivity contribution in [3.05, 3.63) is 0 Å². The predicted molar refractivity (Wildman–Crippen MR) is 77.6 cm³/mol. The second kappa shape index (κ2) is 12.7. The molecule has 0 aliphatic rings. The van der Waals surface area contributed by atoms with Crippen molar-refractivity contribution in [1.82, 2.24) is 10.6 Å². The van der Waals surface area contributed by atoms with Gasteiger partial charge in [-0.25, -0.2) is 4.79 Å². The van der Waals surface area contributed by atoms with E-state index in [0.29, 0.717) is 26.2 Å². The van der Waals surface area contributed by atoms with Crippen molar-refractivity contribution in [3.8, 4) is 0 Å². The topological polar surface area (TPSA) is 76.7 Å². The summed E-state index contributed by atoms with van der Waals surface area (Å²) < 4.78 is 9.84. The Morgan fingerprint density at radius 3 is 2.50 bits per heavy atom. The van der Waals surface area contributed by atoms with Crippen LogP contribution in [0.25, 0.3) is 0 Å². The van der Waals surface area contributed by atoms with Crippen LogP contribution in [0.3, 0.4) is 0 Å². The zero-order chi connectivity index (χ0) is 15.2. The SMILES string of the molecule is CCOC(=O)CCCCCNC(=O)NC(CC)COC. The van der Waals surface area contributed by atoms with E-state index in [4.69, 9.17) is 9.47 Å². The van der Waals surface area contributed by atoms with E-state index in [9.17, 15) is 9.59 Å². The molecule has 6 nitrogen and oxygen atoms in total. The Balaban J connectivity index is 3.50. The average molecular weight is 288 g/mol. The number of nitrogens with one attached hydrogen (secondary N) is 2. The number of rotatable bonds is 11. The Morgan fingerprint density at radius 2 is 1.90 bits per heavy atom. The van der Waals surface area contributed by atoms with Crippen LogP contribution in [0, 0.1) is 0 Å². The highest BCUT2D eigenvalue weighted by molar-refractivity contribution is 5.74. The van der Waals surface area contributed by atoms with E-state index in [0.717, 1.165) is 25.7 Å². The van der Waals surface area contributed by atoms with Gasteiger partial charge in [0.15, 0.2) is 0 Å². The second-order valence-corrected chi connectivity index (χ2v) is 4.58. The first-order valence-corrected chi connectivity index (χ1v) is 7.32. The van der Waals surface area contributed by atoms with Crippen molar-refractivity contribution in [1.29, 1.82) is 0 Å². The minimum absolute atomic E-state index is 0.0452. The highest BCUT2D eigenvalue weighted by Crippen LogP contribution is 2.00. The number of amides is 2. The van der Waals surface area contributed by atoms with E-state index in [1.807, 2.05) is 6.92 Å². The molecule has 0 spiro atoms. The second-order valence-electron chi connectivity index (χ2n) is 4.58. The zero-order valence-electron chi connectivity index (χ0n) is 12.9. The summed E-state index contributed by atoms with van der Waals surface area (Å²) in [5, 5.41) is 5.64. The smallest absolute Gasteiger partial charge is 0.315 e. The first-order chi connectivity index (χ1) is 9.63. The van der Waals surface area contributed by atoms with Crippen molar-refractivity contribution in [3.63, 3.8) is 0 Å². The largest absolute Gasteiger partial charge is 0.466 e. The molecule has 0 saturated heterocycles. The van der Waals surface area contributed by atoms with Crippen molar-refractivity contribution < 1.29 is 19.1 Å². The van der Waals surface area contributed by atoms with E-state index in [1.165, 1.54) is 0 Å². The monoisotopic (exact) mass is 288 g/mol. The van der Waals surface area contributed by atoms with Crippen LogP contribution in [-0.4, -0.2) is 44.9 Å². The Bertz CT molecular complexity index is 272. The number of hydrogen-bond donors (Lipinski definition) is 2. The van der Waals surface area contributed by atoms with Gasteiger partial charge in [-0.15, -0.1) is 0 Å². The third-order valence-electron chi connectivity index (χ3n) is 2.84. The van der Waals surface area contributed by atoms with Gasteiger partial charge in [0, 0.05) is 20.1 Å². The normalized spacial score (nSPS) is 11.8. The third-order valence-corrected chi connectivity index (χ3v) is 2.84. The molecule has 1 atom stereocenters. The summed E-state index contributed by atoms with van der Waals surface area (Å²) in [4.78, 5) is 22.6. The molecule has 0 aromatic heterocycles. The molecular weight excluding hydrogens is 260 g/mol. The fourth-order valence-corrected chi connectivity index (χ4v) is 1.71. The van der Waals surface area contributed by atoms with Gasteiger partial charge in [-0.1, -0.05) is 13.3 Å². The van der Waals surface area contributed by atoms with Gasteiger partial charge < -0.3 is 20.1 Å². The van der Waals surface area contributed by atoms with E-state index >= 15 is 0 Å². The number of methoxy groups -OCH3 is 1. The molecule has 0 heterocycles. The summed E-state index contributed by atoms with van der Waals surface area (Å²) in [7, 11) is 1.62. The molecule has 2 amide bonds. The van der Waals surface area contributed by atoms with Crippen molar-refractivity contribution in [2.24, 2.45) is 0 Å². The lowest BCUT2D eigenvalue weighted by molar-refractivity contribution is -0.143. The van der Waals surface area contributed by atoms with Crippen LogP contribution >= 0.6 is 0 Å². The molecule has 2 N–H and O–H groups in total. The fraction of sp³-hybridized carbons (Fsp3) is 0.857. The van der Waals surface area contributed by atoms with Crippen molar-refractivity contribution in [2.45, 2.75) is 52.0 Å². The Hall–Kier alpha value is -1.30. The Kier molecular flexibility index (Phi) is 11.9. The molecular formula is C14H28N2O4. The molecule has 0 fully saturated rings. The number of unbranched alkanes of at least 4 members (excludes halogenated alkanes) is 2. The van der Waals surface area contributed by atoms with E-state index in [2.05, 4.69) is 10.6 Å². The van der Waals surface area contributed by atoms with Crippen LogP contribution in [0.4, 0.5) is 4.79 Å². The first kappa shape index (κ1) is 18.7. The number of esters is 1.